The fraction of sp³-hybridized carbons (Fsp3) is 1.00. The van der Waals surface area contributed by atoms with Crippen molar-refractivity contribution in [1.29, 1.82) is 0 Å². The second kappa shape index (κ2) is 7.50. The molecule has 0 heterocycles. The first kappa shape index (κ1) is 16.2. The van der Waals surface area contributed by atoms with Crippen LogP contribution in [0.3, 0.4) is 0 Å². The molecule has 0 saturated carbocycles. The maximum atomic E-state index is 8.76. The Morgan fingerprint density at radius 2 is 1.69 bits per heavy atom. The molecule has 1 N–H and O–H groups in total. The van der Waals surface area contributed by atoms with Gasteiger partial charge in [-0.2, -0.15) is 0 Å². The molecule has 0 fully saturated rings. The highest BCUT2D eigenvalue weighted by Crippen LogP contribution is 2.42. The fourth-order valence-corrected chi connectivity index (χ4v) is 1.80. The lowest BCUT2D eigenvalue weighted by Gasteiger charge is -2.43. The molecule has 0 aromatic heterocycles. The van der Waals surface area contributed by atoms with E-state index in [0.717, 1.165) is 6.42 Å². The molecule has 0 aliphatic rings. The van der Waals surface area contributed by atoms with Crippen LogP contribution in [-0.2, 0) is 13.7 Å². The van der Waals surface area contributed by atoms with Gasteiger partial charge in [-0.25, -0.2) is 0 Å². The molecule has 0 aromatic carbocycles. The van der Waals surface area contributed by atoms with Crippen LogP contribution in [0.25, 0.3) is 0 Å². The van der Waals surface area contributed by atoms with Crippen molar-refractivity contribution < 1.29 is 18.8 Å². The van der Waals surface area contributed by atoms with E-state index in [-0.39, 0.29) is 24.4 Å². The molecule has 16 heavy (non-hydrogen) atoms. The lowest BCUT2D eigenvalue weighted by molar-refractivity contribution is -0.126. The van der Waals surface area contributed by atoms with Gasteiger partial charge in [0.05, 0.1) is 13.2 Å². The molecule has 5 heteroatoms. The van der Waals surface area contributed by atoms with Gasteiger partial charge in [-0.3, -0.25) is 4.18 Å². The van der Waals surface area contributed by atoms with Gasteiger partial charge in [0.25, 0.3) is 0 Å². The Kier molecular flexibility index (Phi) is 7.59. The molecule has 0 spiro atoms. The summed E-state index contributed by atoms with van der Waals surface area (Å²) >= 11 is 3.63. The summed E-state index contributed by atoms with van der Waals surface area (Å²) in [5, 5.41) is 8.76. The molecule has 0 aromatic rings. The summed E-state index contributed by atoms with van der Waals surface area (Å²) in [6.07, 6.45) is 0.906. The fourth-order valence-electron chi connectivity index (χ4n) is 1.72. The van der Waals surface area contributed by atoms with Crippen LogP contribution in [0.2, 0.25) is 0 Å². The van der Waals surface area contributed by atoms with Crippen LogP contribution >= 0.6 is 12.9 Å². The topological polar surface area (TPSA) is 47.9 Å². The van der Waals surface area contributed by atoms with Gasteiger partial charge in [0.15, 0.2) is 6.79 Å². The van der Waals surface area contributed by atoms with E-state index in [2.05, 4.69) is 44.8 Å². The normalized spacial score (nSPS) is 16.1. The number of thiol groups is 1. The van der Waals surface area contributed by atoms with Crippen LogP contribution < -0.4 is 0 Å². The monoisotopic (exact) mass is 252 g/mol. The maximum Gasteiger partial charge on any atom is 0.159 e. The number of aliphatic hydroxyl groups is 1. The van der Waals surface area contributed by atoms with Gasteiger partial charge in [0.2, 0.25) is 0 Å². The molecule has 0 radical (unpaired) electrons. The largest absolute Gasteiger partial charge is 0.371 e. The summed E-state index contributed by atoms with van der Waals surface area (Å²) in [5.74, 6) is 0. The van der Waals surface area contributed by atoms with Crippen LogP contribution in [0.1, 0.15) is 34.1 Å². The first-order valence-electron chi connectivity index (χ1n) is 5.46. The predicted molar refractivity (Wildman–Crippen MR) is 66.1 cm³/mol. The van der Waals surface area contributed by atoms with Crippen molar-refractivity contribution in [3.05, 3.63) is 0 Å². The lowest BCUT2D eigenvalue weighted by atomic mass is 9.66. The van der Waals surface area contributed by atoms with Crippen molar-refractivity contribution in [2.75, 3.05) is 26.8 Å². The van der Waals surface area contributed by atoms with Gasteiger partial charge in [0, 0.05) is 5.41 Å². The molecule has 0 amide bonds. The van der Waals surface area contributed by atoms with Crippen molar-refractivity contribution in [1.82, 2.24) is 0 Å². The number of rotatable bonds is 8. The highest BCUT2D eigenvalue weighted by atomic mass is 32.1. The van der Waals surface area contributed by atoms with E-state index in [1.54, 1.807) is 0 Å². The van der Waals surface area contributed by atoms with Crippen molar-refractivity contribution >= 4 is 12.9 Å². The first-order valence-corrected chi connectivity index (χ1v) is 5.83. The van der Waals surface area contributed by atoms with E-state index in [1.165, 1.54) is 0 Å². The van der Waals surface area contributed by atoms with Crippen molar-refractivity contribution in [3.8, 4) is 0 Å². The average Bonchev–Trinajstić information content (AvgIpc) is 2.21. The zero-order chi connectivity index (χ0) is 12.7. The minimum atomic E-state index is -0.263. The van der Waals surface area contributed by atoms with Crippen LogP contribution in [0.15, 0.2) is 0 Å². The summed E-state index contributed by atoms with van der Waals surface area (Å²) in [4.78, 5) is 0. The summed E-state index contributed by atoms with van der Waals surface area (Å²) in [6, 6.07) is 0. The van der Waals surface area contributed by atoms with E-state index >= 15 is 0 Å². The smallest absolute Gasteiger partial charge is 0.159 e. The zero-order valence-electron chi connectivity index (χ0n) is 10.7. The second-order valence-corrected chi connectivity index (χ2v) is 5.22. The number of hydrogen-bond donors (Lipinski definition) is 2. The minimum absolute atomic E-state index is 0.0213. The van der Waals surface area contributed by atoms with Crippen LogP contribution in [-0.4, -0.2) is 31.9 Å². The Morgan fingerprint density at radius 3 is 2.06 bits per heavy atom. The Labute approximate surface area is 104 Å². The molecule has 0 bridgehead atoms. The summed E-state index contributed by atoms with van der Waals surface area (Å²) in [5.41, 5.74) is -0.116. The third kappa shape index (κ3) is 4.59. The lowest BCUT2D eigenvalue weighted by Crippen LogP contribution is -2.43. The summed E-state index contributed by atoms with van der Waals surface area (Å²) in [7, 11) is 0. The van der Waals surface area contributed by atoms with Crippen molar-refractivity contribution in [2.45, 2.75) is 34.1 Å². The van der Waals surface area contributed by atoms with Gasteiger partial charge in [0.1, 0.15) is 6.79 Å². The quantitative estimate of drug-likeness (QED) is 0.301. The van der Waals surface area contributed by atoms with E-state index < -0.39 is 0 Å². The molecule has 4 nitrogen and oxygen atoms in total. The van der Waals surface area contributed by atoms with Crippen LogP contribution in [0, 0.1) is 10.8 Å². The van der Waals surface area contributed by atoms with E-state index in [4.69, 9.17) is 14.6 Å². The Balaban J connectivity index is 4.55. The Bertz CT molecular complexity index is 181. The molecular weight excluding hydrogens is 228 g/mol. The number of hydrogen-bond acceptors (Lipinski definition) is 5. The second-order valence-electron chi connectivity index (χ2n) is 4.96. The number of ether oxygens (including phenoxy) is 2. The predicted octanol–water partition coefficient (Wildman–Crippen LogP) is 2.23. The van der Waals surface area contributed by atoms with Gasteiger partial charge in [-0.05, 0) is 24.7 Å². The van der Waals surface area contributed by atoms with Gasteiger partial charge < -0.3 is 14.6 Å². The molecule has 0 aliphatic heterocycles. The zero-order valence-corrected chi connectivity index (χ0v) is 11.5. The first-order chi connectivity index (χ1) is 7.43. The SMILES string of the molecule is CCC(COCO)(COCOS)C(C)(C)C. The van der Waals surface area contributed by atoms with Crippen LogP contribution in [0.5, 0.6) is 0 Å². The molecule has 1 unspecified atom stereocenters. The highest BCUT2D eigenvalue weighted by molar-refractivity contribution is 7.75. The molecule has 1 atom stereocenters. The molecule has 0 saturated heterocycles. The minimum Gasteiger partial charge on any atom is -0.371 e. The Hall–Kier alpha value is 0.190. The molecule has 0 aliphatic carbocycles. The third-order valence-corrected chi connectivity index (χ3v) is 3.36. The van der Waals surface area contributed by atoms with Gasteiger partial charge >= 0.3 is 0 Å². The molecule has 98 valence electrons. The summed E-state index contributed by atoms with van der Waals surface area (Å²) in [6.45, 7) is 9.40. The average molecular weight is 252 g/mol. The molecule has 0 rings (SSSR count). The van der Waals surface area contributed by atoms with Crippen molar-refractivity contribution in [2.24, 2.45) is 10.8 Å². The number of aliphatic hydroxyl groups excluding tert-OH is 1. The maximum absolute atomic E-state index is 8.76. The highest BCUT2D eigenvalue weighted by Gasteiger charge is 2.41. The van der Waals surface area contributed by atoms with Crippen molar-refractivity contribution in [3.63, 3.8) is 0 Å². The van der Waals surface area contributed by atoms with Gasteiger partial charge in [-0.15, -0.1) is 0 Å². The third-order valence-electron chi connectivity index (χ3n) is 3.25. The van der Waals surface area contributed by atoms with E-state index in [1.807, 2.05) is 0 Å². The van der Waals surface area contributed by atoms with Crippen LogP contribution in [0.4, 0.5) is 0 Å². The van der Waals surface area contributed by atoms with Gasteiger partial charge in [-0.1, -0.05) is 27.7 Å². The van der Waals surface area contributed by atoms with E-state index in [9.17, 15) is 0 Å². The molecular formula is C11H24O4S. The standard InChI is InChI=1S/C11H24O4S/c1-5-11(6-13-8-12,10(2,3)4)7-14-9-15-16/h12,16H,5-9H2,1-4H3. The Morgan fingerprint density at radius 1 is 1.12 bits per heavy atom. The van der Waals surface area contributed by atoms with E-state index in [0.29, 0.717) is 13.2 Å². The summed E-state index contributed by atoms with van der Waals surface area (Å²) < 4.78 is 15.1.